The molecule has 0 N–H and O–H groups in total. The normalized spacial score (nSPS) is 12.0. The van der Waals surface area contributed by atoms with Crippen LogP contribution in [0.3, 0.4) is 0 Å². The molecule has 0 bridgehead atoms. The summed E-state index contributed by atoms with van der Waals surface area (Å²) in [6.07, 6.45) is -2.21. The number of thiophene rings is 1. The Labute approximate surface area is 151 Å². The first kappa shape index (κ1) is 18.2. The van der Waals surface area contributed by atoms with Crippen molar-refractivity contribution < 1.29 is 17.9 Å². The van der Waals surface area contributed by atoms with Crippen molar-refractivity contribution in [1.29, 1.82) is 0 Å². The second kappa shape index (κ2) is 8.16. The largest absolute Gasteiger partial charge is 0.411 e. The third-order valence-corrected chi connectivity index (χ3v) is 5.47. The Hall–Kier alpha value is -1.64. The van der Waals surface area contributed by atoms with Crippen LogP contribution in [0.25, 0.3) is 20.7 Å². The Morgan fingerprint density at radius 2 is 1.92 bits per heavy atom. The van der Waals surface area contributed by atoms with Crippen LogP contribution in [0, 0.1) is 0 Å². The quantitative estimate of drug-likeness (QED) is 0.310. The maximum atomic E-state index is 12.0. The molecule has 0 atom stereocenters. The van der Waals surface area contributed by atoms with Crippen molar-refractivity contribution in [3.8, 4) is 10.4 Å². The van der Waals surface area contributed by atoms with Crippen LogP contribution in [0.15, 0.2) is 47.8 Å². The van der Waals surface area contributed by atoms with Crippen molar-refractivity contribution in [2.45, 2.75) is 17.6 Å². The highest BCUT2D eigenvalue weighted by molar-refractivity contribution is 7.99. The molecule has 3 aromatic rings. The van der Waals surface area contributed by atoms with Crippen molar-refractivity contribution in [3.05, 3.63) is 42.7 Å². The summed E-state index contributed by atoms with van der Waals surface area (Å²) in [5.74, 6) is 0.639. The lowest BCUT2D eigenvalue weighted by atomic mass is 10.2. The van der Waals surface area contributed by atoms with Crippen molar-refractivity contribution in [3.63, 3.8) is 0 Å². The maximum Gasteiger partial charge on any atom is 0.411 e. The zero-order valence-corrected chi connectivity index (χ0v) is 14.8. The molecule has 8 heteroatoms. The van der Waals surface area contributed by atoms with Gasteiger partial charge in [0.15, 0.2) is 0 Å². The number of rotatable bonds is 7. The molecule has 0 aliphatic rings. The van der Waals surface area contributed by atoms with Crippen LogP contribution in [0.4, 0.5) is 13.2 Å². The van der Waals surface area contributed by atoms with E-state index in [9.17, 15) is 13.2 Å². The number of nitrogens with zero attached hydrogens (tertiary/aromatic N) is 2. The Morgan fingerprint density at radius 1 is 1.12 bits per heavy atom. The van der Waals surface area contributed by atoms with Gasteiger partial charge in [0.2, 0.25) is 0 Å². The molecule has 2 aromatic heterocycles. The van der Waals surface area contributed by atoms with Gasteiger partial charge in [0.25, 0.3) is 0 Å². The maximum absolute atomic E-state index is 12.0. The second-order valence-electron chi connectivity index (χ2n) is 5.24. The molecular formula is C17H15F3N2OS2. The molecule has 3 rings (SSSR count). The average molecular weight is 384 g/mol. The van der Waals surface area contributed by atoms with Crippen LogP contribution in [0.1, 0.15) is 6.42 Å². The molecule has 0 saturated heterocycles. The summed E-state index contributed by atoms with van der Waals surface area (Å²) in [6.45, 7) is -1.11. The van der Waals surface area contributed by atoms with E-state index in [1.54, 1.807) is 11.3 Å². The molecule has 0 fully saturated rings. The van der Waals surface area contributed by atoms with Gasteiger partial charge in [-0.3, -0.25) is 0 Å². The number of thioether (sulfide) groups is 1. The van der Waals surface area contributed by atoms with E-state index < -0.39 is 12.8 Å². The van der Waals surface area contributed by atoms with Gasteiger partial charge in [0, 0.05) is 22.6 Å². The number of fused-ring (bicyclic) bond motifs is 1. The lowest BCUT2D eigenvalue weighted by Gasteiger charge is -2.07. The molecular weight excluding hydrogens is 369 g/mol. The molecule has 2 heterocycles. The number of halogens is 3. The van der Waals surface area contributed by atoms with Crippen LogP contribution >= 0.6 is 23.1 Å². The summed E-state index contributed by atoms with van der Waals surface area (Å²) in [6, 6.07) is 12.1. The number of alkyl halides is 3. The minimum atomic E-state index is -4.27. The van der Waals surface area contributed by atoms with Gasteiger partial charge in [-0.2, -0.15) is 13.2 Å². The molecule has 1 aromatic carbocycles. The topological polar surface area (TPSA) is 35.0 Å². The fraction of sp³-hybridized carbons (Fsp3) is 0.294. The smallest absolute Gasteiger partial charge is 0.372 e. The van der Waals surface area contributed by atoms with E-state index in [1.807, 2.05) is 30.3 Å². The fourth-order valence-corrected chi connectivity index (χ4v) is 4.17. The zero-order valence-electron chi connectivity index (χ0n) is 13.1. The first-order chi connectivity index (χ1) is 12.0. The highest BCUT2D eigenvalue weighted by Crippen LogP contribution is 2.36. The Morgan fingerprint density at radius 3 is 2.68 bits per heavy atom. The van der Waals surface area contributed by atoms with Gasteiger partial charge in [0.05, 0.1) is 0 Å². The fourth-order valence-electron chi connectivity index (χ4n) is 2.21. The highest BCUT2D eigenvalue weighted by Gasteiger charge is 2.27. The first-order valence-electron chi connectivity index (χ1n) is 7.60. The van der Waals surface area contributed by atoms with E-state index in [0.717, 1.165) is 25.7 Å². The number of ether oxygens (including phenoxy) is 1. The first-order valence-corrected chi connectivity index (χ1v) is 9.40. The molecule has 0 spiro atoms. The van der Waals surface area contributed by atoms with Gasteiger partial charge >= 0.3 is 6.18 Å². The van der Waals surface area contributed by atoms with Gasteiger partial charge in [-0.25, -0.2) is 9.97 Å². The summed E-state index contributed by atoms with van der Waals surface area (Å²) >= 11 is 3.11. The molecule has 132 valence electrons. The molecule has 0 aliphatic carbocycles. The number of benzene rings is 1. The summed E-state index contributed by atoms with van der Waals surface area (Å²) < 4.78 is 40.6. The van der Waals surface area contributed by atoms with E-state index in [1.165, 1.54) is 18.1 Å². The molecule has 0 aliphatic heterocycles. The standard InChI is InChI=1S/C17H15F3N2OS2/c18-17(19,20)10-23-7-4-8-24-15-13-9-14(12-5-2-1-3-6-12)25-16(13)22-11-21-15/h1-3,5-6,9,11H,4,7-8,10H2. The van der Waals surface area contributed by atoms with Crippen molar-refractivity contribution in [2.24, 2.45) is 0 Å². The third-order valence-electron chi connectivity index (χ3n) is 3.29. The molecule has 25 heavy (non-hydrogen) atoms. The van der Waals surface area contributed by atoms with Gasteiger partial charge in [-0.1, -0.05) is 30.3 Å². The Balaban J connectivity index is 1.61. The third kappa shape index (κ3) is 5.17. The Bertz CT molecular complexity index is 822. The predicted molar refractivity (Wildman–Crippen MR) is 95.1 cm³/mol. The van der Waals surface area contributed by atoms with E-state index in [2.05, 4.69) is 20.8 Å². The Kier molecular flexibility index (Phi) is 5.93. The SMILES string of the molecule is FC(F)(F)COCCCSc1ncnc2sc(-c3ccccc3)cc12. The van der Waals surface area contributed by atoms with E-state index in [-0.39, 0.29) is 6.61 Å². The van der Waals surface area contributed by atoms with E-state index in [4.69, 9.17) is 0 Å². The number of aromatic nitrogens is 2. The second-order valence-corrected chi connectivity index (χ2v) is 7.36. The van der Waals surface area contributed by atoms with Crippen LogP contribution in [0.5, 0.6) is 0 Å². The van der Waals surface area contributed by atoms with Gasteiger partial charge in [0.1, 0.15) is 22.8 Å². The van der Waals surface area contributed by atoms with E-state index in [0.29, 0.717) is 12.2 Å². The monoisotopic (exact) mass is 384 g/mol. The molecule has 0 amide bonds. The van der Waals surface area contributed by atoms with Crippen molar-refractivity contribution in [2.75, 3.05) is 19.0 Å². The highest BCUT2D eigenvalue weighted by atomic mass is 32.2. The van der Waals surface area contributed by atoms with Crippen molar-refractivity contribution in [1.82, 2.24) is 9.97 Å². The summed E-state index contributed by atoms with van der Waals surface area (Å²) in [7, 11) is 0. The van der Waals surface area contributed by atoms with Crippen LogP contribution < -0.4 is 0 Å². The number of hydrogen-bond donors (Lipinski definition) is 0. The summed E-state index contributed by atoms with van der Waals surface area (Å²) in [4.78, 5) is 10.6. The summed E-state index contributed by atoms with van der Waals surface area (Å²) in [5.41, 5.74) is 1.13. The zero-order chi connectivity index (χ0) is 17.7. The lowest BCUT2D eigenvalue weighted by Crippen LogP contribution is -2.17. The minimum Gasteiger partial charge on any atom is -0.372 e. The predicted octanol–water partition coefficient (Wildman–Crippen LogP) is 5.42. The lowest BCUT2D eigenvalue weighted by molar-refractivity contribution is -0.173. The molecule has 0 saturated carbocycles. The van der Waals surface area contributed by atoms with Crippen LogP contribution in [0.2, 0.25) is 0 Å². The molecule has 3 nitrogen and oxygen atoms in total. The van der Waals surface area contributed by atoms with Crippen LogP contribution in [-0.4, -0.2) is 35.1 Å². The van der Waals surface area contributed by atoms with Crippen LogP contribution in [-0.2, 0) is 4.74 Å². The summed E-state index contributed by atoms with van der Waals surface area (Å²) in [5, 5.41) is 1.83. The molecule has 0 radical (unpaired) electrons. The molecule has 0 unspecified atom stereocenters. The minimum absolute atomic E-state index is 0.0830. The van der Waals surface area contributed by atoms with Gasteiger partial charge < -0.3 is 4.74 Å². The number of hydrogen-bond acceptors (Lipinski definition) is 5. The average Bonchev–Trinajstić information content (AvgIpc) is 3.03. The van der Waals surface area contributed by atoms with Gasteiger partial charge in [-0.15, -0.1) is 23.1 Å². The van der Waals surface area contributed by atoms with Crippen molar-refractivity contribution >= 4 is 33.3 Å². The van der Waals surface area contributed by atoms with Gasteiger partial charge in [-0.05, 0) is 18.1 Å². The van der Waals surface area contributed by atoms with E-state index >= 15 is 0 Å².